The summed E-state index contributed by atoms with van der Waals surface area (Å²) in [7, 11) is 0. The van der Waals surface area contributed by atoms with Gasteiger partial charge in [-0.1, -0.05) is 128 Å². The SMILES string of the molecule is C=C/C=C\C(c1ccccc1)C1(c2cc(-c3cccc4c3oc3ccccc34)ccc2Nc2ccccc2)C=CCC1. The Labute approximate surface area is 247 Å². The van der Waals surface area contributed by atoms with Gasteiger partial charge in [0.1, 0.15) is 11.2 Å². The lowest BCUT2D eigenvalue weighted by molar-refractivity contribution is 0.472. The largest absolute Gasteiger partial charge is 0.455 e. The van der Waals surface area contributed by atoms with E-state index in [1.54, 1.807) is 0 Å². The minimum absolute atomic E-state index is 0.129. The first-order valence-corrected chi connectivity index (χ1v) is 14.7. The Bertz CT molecular complexity index is 1930. The van der Waals surface area contributed by atoms with Crippen molar-refractivity contribution in [2.45, 2.75) is 24.2 Å². The topological polar surface area (TPSA) is 25.2 Å². The van der Waals surface area contributed by atoms with Gasteiger partial charge in [0.2, 0.25) is 0 Å². The summed E-state index contributed by atoms with van der Waals surface area (Å²) in [5.74, 6) is 0.129. The lowest BCUT2D eigenvalue weighted by Gasteiger charge is -2.38. The van der Waals surface area contributed by atoms with Gasteiger partial charge in [-0.3, -0.25) is 0 Å². The number of hydrogen-bond acceptors (Lipinski definition) is 2. The molecule has 2 nitrogen and oxygen atoms in total. The molecular weight excluding hydrogens is 510 g/mol. The number of fused-ring (bicyclic) bond motifs is 3. The van der Waals surface area contributed by atoms with Crippen LogP contribution in [0.3, 0.4) is 0 Å². The van der Waals surface area contributed by atoms with Gasteiger partial charge in [0, 0.05) is 39.0 Å². The molecule has 1 heterocycles. The maximum atomic E-state index is 6.47. The number of para-hydroxylation sites is 3. The quantitative estimate of drug-likeness (QED) is 0.153. The fourth-order valence-corrected chi connectivity index (χ4v) is 6.64. The van der Waals surface area contributed by atoms with Crippen molar-refractivity contribution in [3.05, 3.63) is 169 Å². The van der Waals surface area contributed by atoms with Gasteiger partial charge >= 0.3 is 0 Å². The second kappa shape index (κ2) is 11.1. The van der Waals surface area contributed by atoms with E-state index in [4.69, 9.17) is 4.42 Å². The minimum atomic E-state index is -0.254. The molecule has 1 aromatic heterocycles. The van der Waals surface area contributed by atoms with Crippen molar-refractivity contribution in [1.29, 1.82) is 0 Å². The van der Waals surface area contributed by atoms with Crippen LogP contribution >= 0.6 is 0 Å². The Morgan fingerprint density at radius 1 is 0.786 bits per heavy atom. The summed E-state index contributed by atoms with van der Waals surface area (Å²) < 4.78 is 6.47. The van der Waals surface area contributed by atoms with E-state index in [0.29, 0.717) is 0 Å². The van der Waals surface area contributed by atoms with Gasteiger partial charge < -0.3 is 9.73 Å². The van der Waals surface area contributed by atoms with Crippen LogP contribution < -0.4 is 5.32 Å². The Morgan fingerprint density at radius 3 is 2.33 bits per heavy atom. The monoisotopic (exact) mass is 543 g/mol. The number of hydrogen-bond donors (Lipinski definition) is 1. The van der Waals surface area contributed by atoms with Crippen molar-refractivity contribution in [2.24, 2.45) is 0 Å². The number of benzene rings is 5. The van der Waals surface area contributed by atoms with Gasteiger partial charge in [0.05, 0.1) is 0 Å². The van der Waals surface area contributed by atoms with Gasteiger partial charge in [0.15, 0.2) is 0 Å². The second-order valence-corrected chi connectivity index (χ2v) is 11.0. The zero-order valence-corrected chi connectivity index (χ0v) is 23.5. The number of nitrogens with one attached hydrogen (secondary N) is 1. The first-order valence-electron chi connectivity index (χ1n) is 14.7. The lowest BCUT2D eigenvalue weighted by Crippen LogP contribution is -2.30. The van der Waals surface area contributed by atoms with Crippen LogP contribution in [0.15, 0.2) is 163 Å². The standard InChI is InChI=1S/C40H33NO/c1-2-3-22-35(29-15-6-4-7-16-29)40(26-12-13-27-40)36-28-30(24-25-37(36)41-31-17-8-5-9-18-31)32-20-14-21-34-33-19-10-11-23-38(33)42-39(32)34/h2-12,14-26,28,35,41H,1,13,27H2/b22-3-. The van der Waals surface area contributed by atoms with Crippen LogP contribution in [-0.4, -0.2) is 0 Å². The highest BCUT2D eigenvalue weighted by Gasteiger charge is 2.41. The van der Waals surface area contributed by atoms with Gasteiger partial charge in [-0.15, -0.1) is 0 Å². The van der Waals surface area contributed by atoms with Crippen molar-refractivity contribution in [1.82, 2.24) is 0 Å². The van der Waals surface area contributed by atoms with Crippen molar-refractivity contribution >= 4 is 33.3 Å². The van der Waals surface area contributed by atoms with Gasteiger partial charge in [-0.05, 0) is 59.9 Å². The summed E-state index contributed by atoms with van der Waals surface area (Å²) >= 11 is 0. The van der Waals surface area contributed by atoms with Crippen LogP contribution in [0.5, 0.6) is 0 Å². The van der Waals surface area contributed by atoms with Crippen LogP contribution in [0.4, 0.5) is 11.4 Å². The number of anilines is 2. The van der Waals surface area contributed by atoms with E-state index in [1.165, 1.54) is 11.1 Å². The number of rotatable bonds is 8. The molecule has 0 saturated heterocycles. The maximum Gasteiger partial charge on any atom is 0.143 e. The molecule has 42 heavy (non-hydrogen) atoms. The van der Waals surface area contributed by atoms with E-state index in [9.17, 15) is 0 Å². The lowest BCUT2D eigenvalue weighted by atomic mass is 9.66. The summed E-state index contributed by atoms with van der Waals surface area (Å²) in [4.78, 5) is 0. The molecule has 2 atom stereocenters. The van der Waals surface area contributed by atoms with Crippen LogP contribution in [-0.2, 0) is 5.41 Å². The molecule has 0 aliphatic heterocycles. The molecular formula is C40H33NO. The highest BCUT2D eigenvalue weighted by molar-refractivity contribution is 6.09. The van der Waals surface area contributed by atoms with Crippen molar-refractivity contribution in [2.75, 3.05) is 5.32 Å². The molecule has 0 saturated carbocycles. The summed E-state index contributed by atoms with van der Waals surface area (Å²) in [5.41, 5.74) is 8.58. The summed E-state index contributed by atoms with van der Waals surface area (Å²) in [6.07, 6.45) is 13.1. The smallest absolute Gasteiger partial charge is 0.143 e. The second-order valence-electron chi connectivity index (χ2n) is 11.0. The van der Waals surface area contributed by atoms with Crippen molar-refractivity contribution in [3.8, 4) is 11.1 Å². The molecule has 204 valence electrons. The normalized spacial score (nSPS) is 17.2. The molecule has 0 spiro atoms. The van der Waals surface area contributed by atoms with Gasteiger partial charge in [-0.25, -0.2) is 0 Å². The predicted molar refractivity (Wildman–Crippen MR) is 177 cm³/mol. The van der Waals surface area contributed by atoms with Crippen molar-refractivity contribution in [3.63, 3.8) is 0 Å². The molecule has 7 rings (SSSR count). The zero-order chi connectivity index (χ0) is 28.4. The molecule has 0 radical (unpaired) electrons. The highest BCUT2D eigenvalue weighted by Crippen LogP contribution is 2.52. The van der Waals surface area contributed by atoms with Crippen LogP contribution in [0.1, 0.15) is 29.9 Å². The third kappa shape index (κ3) is 4.55. The first-order chi connectivity index (χ1) is 20.8. The minimum Gasteiger partial charge on any atom is -0.455 e. The predicted octanol–water partition coefficient (Wildman–Crippen LogP) is 11.1. The Balaban J connectivity index is 1.47. The number of allylic oxidation sites excluding steroid dienone is 5. The molecule has 0 fully saturated rings. The molecule has 2 unspecified atom stereocenters. The molecule has 1 aliphatic rings. The molecule has 1 N–H and O–H groups in total. The molecule has 2 heteroatoms. The van der Waals surface area contributed by atoms with E-state index >= 15 is 0 Å². The maximum absolute atomic E-state index is 6.47. The summed E-state index contributed by atoms with van der Waals surface area (Å²) in [6.45, 7) is 3.99. The van der Waals surface area contributed by atoms with E-state index in [2.05, 4.69) is 145 Å². The van der Waals surface area contributed by atoms with Crippen molar-refractivity contribution < 1.29 is 4.42 Å². The van der Waals surface area contributed by atoms with E-state index < -0.39 is 0 Å². The molecule has 0 bridgehead atoms. The van der Waals surface area contributed by atoms with E-state index in [-0.39, 0.29) is 11.3 Å². The first kappa shape index (κ1) is 25.9. The fraction of sp³-hybridized carbons (Fsp3) is 0.100. The third-order valence-electron chi connectivity index (χ3n) is 8.58. The third-order valence-corrected chi connectivity index (χ3v) is 8.58. The molecule has 6 aromatic rings. The molecule has 0 amide bonds. The Hall–Kier alpha value is -5.08. The van der Waals surface area contributed by atoms with Crippen LogP contribution in [0.25, 0.3) is 33.1 Å². The highest BCUT2D eigenvalue weighted by atomic mass is 16.3. The van der Waals surface area contributed by atoms with E-state index in [0.717, 1.165) is 57.3 Å². The Kier molecular flexibility index (Phi) is 6.81. The Morgan fingerprint density at radius 2 is 1.55 bits per heavy atom. The molecule has 5 aromatic carbocycles. The average molecular weight is 544 g/mol. The zero-order valence-electron chi connectivity index (χ0n) is 23.5. The summed E-state index contributed by atoms with van der Waals surface area (Å²) in [5, 5.41) is 6.06. The fourth-order valence-electron chi connectivity index (χ4n) is 6.64. The average Bonchev–Trinajstić information content (AvgIpc) is 3.69. The van der Waals surface area contributed by atoms with Gasteiger partial charge in [-0.2, -0.15) is 0 Å². The van der Waals surface area contributed by atoms with E-state index in [1.807, 2.05) is 18.2 Å². The number of furan rings is 1. The van der Waals surface area contributed by atoms with Crippen LogP contribution in [0, 0.1) is 0 Å². The van der Waals surface area contributed by atoms with Crippen LogP contribution in [0.2, 0.25) is 0 Å². The summed E-state index contributed by atoms with van der Waals surface area (Å²) in [6, 6.07) is 42.9. The van der Waals surface area contributed by atoms with Gasteiger partial charge in [0.25, 0.3) is 0 Å². The molecule has 1 aliphatic carbocycles.